The highest BCUT2D eigenvalue weighted by Gasteiger charge is 2.26. The smallest absolute Gasteiger partial charge is 0.336 e. The van der Waals surface area contributed by atoms with Gasteiger partial charge in [-0.25, -0.2) is 4.79 Å². The molecule has 1 aromatic rings. The van der Waals surface area contributed by atoms with Gasteiger partial charge in [0.2, 0.25) is 0 Å². The molecule has 2 atom stereocenters. The summed E-state index contributed by atoms with van der Waals surface area (Å²) in [6, 6.07) is 6.16. The molecule has 8 heteroatoms. The summed E-state index contributed by atoms with van der Waals surface area (Å²) in [5.74, 6) is -0.718. The molecule has 0 N–H and O–H groups in total. The molecule has 2 unspecified atom stereocenters. The van der Waals surface area contributed by atoms with Crippen molar-refractivity contribution in [2.45, 2.75) is 36.9 Å². The molecule has 1 fully saturated rings. The molecule has 0 saturated carbocycles. The summed E-state index contributed by atoms with van der Waals surface area (Å²) >= 11 is 2.07. The molecular formula is C14H17IO6S. The van der Waals surface area contributed by atoms with Crippen LogP contribution in [0.4, 0.5) is 0 Å². The van der Waals surface area contributed by atoms with Crippen LogP contribution in [0.2, 0.25) is 0 Å². The van der Waals surface area contributed by atoms with Crippen LogP contribution in [0.3, 0.4) is 0 Å². The third-order valence-electron chi connectivity index (χ3n) is 3.14. The average Bonchev–Trinajstić information content (AvgIpc) is 2.98. The zero-order valence-electron chi connectivity index (χ0n) is 12.0. The Bertz CT molecular complexity index is 607. The van der Waals surface area contributed by atoms with E-state index < -0.39 is 22.2 Å². The number of hydrogen-bond donors (Lipinski definition) is 0. The fraction of sp³-hybridized carbons (Fsp3) is 0.500. The van der Waals surface area contributed by atoms with Gasteiger partial charge in [0.1, 0.15) is 6.61 Å². The van der Waals surface area contributed by atoms with Gasteiger partial charge in [-0.3, -0.25) is 4.18 Å². The van der Waals surface area contributed by atoms with E-state index in [1.807, 2.05) is 0 Å². The second-order valence-corrected chi connectivity index (χ2v) is 7.73. The van der Waals surface area contributed by atoms with E-state index in [4.69, 9.17) is 13.7 Å². The predicted octanol–water partition coefficient (Wildman–Crippen LogP) is 2.11. The first-order valence-corrected chi connectivity index (χ1v) is 9.34. The second kappa shape index (κ2) is 7.71. The maximum absolute atomic E-state index is 12.1. The molecule has 0 spiro atoms. The van der Waals surface area contributed by atoms with Gasteiger partial charge < -0.3 is 9.47 Å². The molecule has 2 rings (SSSR count). The first kappa shape index (κ1) is 17.6. The summed E-state index contributed by atoms with van der Waals surface area (Å²) < 4.78 is 40.3. The Hall–Kier alpha value is -0.710. The number of carbonyl (C=O) groups is 1. The maximum Gasteiger partial charge on any atom is 0.336 e. The predicted molar refractivity (Wildman–Crippen MR) is 86.8 cm³/mol. The van der Waals surface area contributed by atoms with Gasteiger partial charge in [0.15, 0.2) is 6.10 Å². The number of esters is 1. The summed E-state index contributed by atoms with van der Waals surface area (Å²) in [5.41, 5.74) is 0. The Balaban J connectivity index is 1.90. The Morgan fingerprint density at radius 3 is 2.68 bits per heavy atom. The second-order valence-electron chi connectivity index (χ2n) is 4.91. The molecule has 0 aliphatic carbocycles. The molecule has 0 bridgehead atoms. The summed E-state index contributed by atoms with van der Waals surface area (Å²) in [6.07, 6.45) is 0.466. The van der Waals surface area contributed by atoms with Gasteiger partial charge in [-0.15, -0.1) is 0 Å². The van der Waals surface area contributed by atoms with Gasteiger partial charge in [-0.2, -0.15) is 8.42 Å². The monoisotopic (exact) mass is 440 g/mol. The van der Waals surface area contributed by atoms with E-state index in [1.165, 1.54) is 19.1 Å². The maximum atomic E-state index is 12.1. The molecule has 122 valence electrons. The van der Waals surface area contributed by atoms with Crippen molar-refractivity contribution < 1.29 is 26.9 Å². The largest absolute Gasteiger partial charge is 0.461 e. The Kier molecular flexibility index (Phi) is 6.18. The highest BCUT2D eigenvalue weighted by atomic mass is 127. The molecule has 0 radical (unpaired) electrons. The van der Waals surface area contributed by atoms with Crippen LogP contribution in [-0.2, 0) is 28.6 Å². The van der Waals surface area contributed by atoms with Crippen LogP contribution < -0.4 is 0 Å². The molecule has 22 heavy (non-hydrogen) atoms. The topological polar surface area (TPSA) is 78.9 Å². The lowest BCUT2D eigenvalue weighted by atomic mass is 10.2. The molecule has 1 aliphatic heterocycles. The van der Waals surface area contributed by atoms with Crippen LogP contribution in [0.25, 0.3) is 0 Å². The molecule has 6 nitrogen and oxygen atoms in total. The molecular weight excluding hydrogens is 423 g/mol. The van der Waals surface area contributed by atoms with E-state index in [0.29, 0.717) is 6.61 Å². The highest BCUT2D eigenvalue weighted by molar-refractivity contribution is 14.1. The van der Waals surface area contributed by atoms with Gasteiger partial charge in [0, 0.05) is 10.2 Å². The highest BCUT2D eigenvalue weighted by Crippen LogP contribution is 2.17. The standard InChI is InChI=1S/C14H17IO6S/c1-10(14(16)20-9-12-3-2-8-19-12)21-22(17,18)13-6-4-11(15)5-7-13/h4-7,10,12H,2-3,8-9H2,1H3. The Morgan fingerprint density at radius 1 is 1.41 bits per heavy atom. The van der Waals surface area contributed by atoms with Crippen LogP contribution in [0.15, 0.2) is 29.2 Å². The molecule has 0 amide bonds. The van der Waals surface area contributed by atoms with Gasteiger partial charge in [-0.1, -0.05) is 0 Å². The zero-order chi connectivity index (χ0) is 16.2. The number of halogens is 1. The van der Waals surface area contributed by atoms with Crippen molar-refractivity contribution in [3.63, 3.8) is 0 Å². The van der Waals surface area contributed by atoms with Crippen LogP contribution in [-0.4, -0.2) is 39.8 Å². The quantitative estimate of drug-likeness (QED) is 0.383. The van der Waals surface area contributed by atoms with Crippen molar-refractivity contribution in [3.05, 3.63) is 27.8 Å². The fourth-order valence-electron chi connectivity index (χ4n) is 1.95. The number of carbonyl (C=O) groups excluding carboxylic acids is 1. The Morgan fingerprint density at radius 2 is 2.09 bits per heavy atom. The normalized spacial score (nSPS) is 19.8. The average molecular weight is 440 g/mol. The van der Waals surface area contributed by atoms with Gasteiger partial charge in [0.25, 0.3) is 10.1 Å². The Labute approximate surface area is 143 Å². The number of rotatable bonds is 6. The third-order valence-corrected chi connectivity index (χ3v) is 5.25. The van der Waals surface area contributed by atoms with E-state index >= 15 is 0 Å². The summed E-state index contributed by atoms with van der Waals surface area (Å²) in [4.78, 5) is 11.8. The van der Waals surface area contributed by atoms with Crippen molar-refractivity contribution in [3.8, 4) is 0 Å². The van der Waals surface area contributed by atoms with E-state index in [9.17, 15) is 13.2 Å². The molecule has 1 saturated heterocycles. The molecule has 1 aromatic carbocycles. The van der Waals surface area contributed by atoms with E-state index in [-0.39, 0.29) is 17.6 Å². The van der Waals surface area contributed by atoms with E-state index in [1.54, 1.807) is 12.1 Å². The van der Waals surface area contributed by atoms with E-state index in [2.05, 4.69) is 22.6 Å². The van der Waals surface area contributed by atoms with Crippen molar-refractivity contribution in [2.75, 3.05) is 13.2 Å². The van der Waals surface area contributed by atoms with Crippen LogP contribution in [0, 0.1) is 3.57 Å². The lowest BCUT2D eigenvalue weighted by molar-refractivity contribution is -0.154. The first-order valence-electron chi connectivity index (χ1n) is 6.85. The van der Waals surface area contributed by atoms with Gasteiger partial charge in [-0.05, 0) is 66.6 Å². The van der Waals surface area contributed by atoms with Crippen molar-refractivity contribution >= 4 is 38.7 Å². The van der Waals surface area contributed by atoms with Crippen molar-refractivity contribution in [1.29, 1.82) is 0 Å². The first-order chi connectivity index (χ1) is 10.4. The number of hydrogen-bond acceptors (Lipinski definition) is 6. The molecule has 1 heterocycles. The molecule has 1 aliphatic rings. The number of benzene rings is 1. The number of ether oxygens (including phenoxy) is 2. The summed E-state index contributed by atoms with van der Waals surface area (Å²) in [7, 11) is -3.99. The van der Waals surface area contributed by atoms with Gasteiger partial charge >= 0.3 is 5.97 Å². The van der Waals surface area contributed by atoms with Crippen LogP contribution >= 0.6 is 22.6 Å². The minimum Gasteiger partial charge on any atom is -0.461 e. The van der Waals surface area contributed by atoms with Crippen molar-refractivity contribution in [2.24, 2.45) is 0 Å². The minimum absolute atomic E-state index is 0.00620. The van der Waals surface area contributed by atoms with Crippen LogP contribution in [0.5, 0.6) is 0 Å². The minimum atomic E-state index is -3.99. The lowest BCUT2D eigenvalue weighted by Crippen LogP contribution is -2.29. The van der Waals surface area contributed by atoms with Crippen LogP contribution in [0.1, 0.15) is 19.8 Å². The SMILES string of the molecule is CC(OS(=O)(=O)c1ccc(I)cc1)C(=O)OCC1CCCO1. The lowest BCUT2D eigenvalue weighted by Gasteiger charge is -2.14. The summed E-state index contributed by atoms with van der Waals surface area (Å²) in [6.45, 7) is 2.13. The van der Waals surface area contributed by atoms with Gasteiger partial charge in [0.05, 0.1) is 11.0 Å². The third kappa shape index (κ3) is 4.90. The fourth-order valence-corrected chi connectivity index (χ4v) is 3.35. The van der Waals surface area contributed by atoms with Crippen molar-refractivity contribution in [1.82, 2.24) is 0 Å². The summed E-state index contributed by atoms with van der Waals surface area (Å²) in [5, 5.41) is 0. The molecule has 0 aromatic heterocycles. The van der Waals surface area contributed by atoms with E-state index in [0.717, 1.165) is 16.4 Å². The zero-order valence-corrected chi connectivity index (χ0v) is 15.0.